The maximum Gasteiger partial charge on any atom is 0.416 e. The van der Waals surface area contributed by atoms with Gasteiger partial charge in [0.1, 0.15) is 0 Å². The summed E-state index contributed by atoms with van der Waals surface area (Å²) in [5.74, 6) is 0.847. The first-order chi connectivity index (χ1) is 12.8. The number of aliphatic hydroxyl groups excluding tert-OH is 1. The van der Waals surface area contributed by atoms with Crippen molar-refractivity contribution in [1.29, 1.82) is 0 Å². The van der Waals surface area contributed by atoms with Crippen LogP contribution in [0.25, 0.3) is 0 Å². The van der Waals surface area contributed by atoms with Crippen molar-refractivity contribution in [3.63, 3.8) is 0 Å². The summed E-state index contributed by atoms with van der Waals surface area (Å²) in [6.45, 7) is 7.66. The highest BCUT2D eigenvalue weighted by Crippen LogP contribution is 2.29. The Morgan fingerprint density at radius 1 is 1.32 bits per heavy atom. The molecule has 0 radical (unpaired) electrons. The highest BCUT2D eigenvalue weighted by Gasteiger charge is 2.30. The minimum atomic E-state index is -4.29. The van der Waals surface area contributed by atoms with Gasteiger partial charge in [0.05, 0.1) is 5.56 Å². The van der Waals surface area contributed by atoms with Crippen LogP contribution in [-0.2, 0) is 12.7 Å². The summed E-state index contributed by atoms with van der Waals surface area (Å²) in [6, 6.07) is 5.61. The van der Waals surface area contributed by atoms with Crippen LogP contribution in [0.5, 0.6) is 0 Å². The van der Waals surface area contributed by atoms with E-state index in [9.17, 15) is 13.2 Å². The lowest BCUT2D eigenvalue weighted by Crippen LogP contribution is -2.44. The van der Waals surface area contributed by atoms with Crippen molar-refractivity contribution in [2.45, 2.75) is 39.0 Å². The Kier molecular flexibility index (Phi) is 10.5. The summed E-state index contributed by atoms with van der Waals surface area (Å²) < 4.78 is 37.9. The largest absolute Gasteiger partial charge is 0.416 e. The average Bonchev–Trinajstić information content (AvgIpc) is 3.06. The summed E-state index contributed by atoms with van der Waals surface area (Å²) in [5, 5.41) is 15.7. The van der Waals surface area contributed by atoms with Gasteiger partial charge in [-0.25, -0.2) is 0 Å². The SMILES string of the molecule is CCNC(=NCC(C)CO)NC1CCN(Cc2ccc(C(F)(F)F)cc2)C1.I. The summed E-state index contributed by atoms with van der Waals surface area (Å²) in [5.41, 5.74) is 0.261. The molecular weight excluding hydrogens is 484 g/mol. The molecule has 1 aromatic rings. The molecule has 5 nitrogen and oxygen atoms in total. The minimum Gasteiger partial charge on any atom is -0.396 e. The van der Waals surface area contributed by atoms with E-state index in [0.717, 1.165) is 49.7 Å². The number of halogens is 4. The summed E-state index contributed by atoms with van der Waals surface area (Å²) in [4.78, 5) is 6.72. The Balaban J connectivity index is 0.00000392. The number of hydrogen-bond acceptors (Lipinski definition) is 3. The second kappa shape index (κ2) is 11.8. The zero-order chi connectivity index (χ0) is 19.9. The van der Waals surface area contributed by atoms with Gasteiger partial charge in [-0.05, 0) is 37.0 Å². The molecule has 0 spiro atoms. The topological polar surface area (TPSA) is 59.9 Å². The third kappa shape index (κ3) is 8.12. The Morgan fingerprint density at radius 2 is 2.00 bits per heavy atom. The highest BCUT2D eigenvalue weighted by molar-refractivity contribution is 14.0. The lowest BCUT2D eigenvalue weighted by molar-refractivity contribution is -0.137. The number of likely N-dealkylation sites (tertiary alicyclic amines) is 1. The van der Waals surface area contributed by atoms with E-state index in [0.29, 0.717) is 13.1 Å². The van der Waals surface area contributed by atoms with Gasteiger partial charge in [0, 0.05) is 45.4 Å². The molecule has 160 valence electrons. The smallest absolute Gasteiger partial charge is 0.396 e. The van der Waals surface area contributed by atoms with Gasteiger partial charge in [0.15, 0.2) is 5.96 Å². The van der Waals surface area contributed by atoms with E-state index < -0.39 is 11.7 Å². The maximum absolute atomic E-state index is 12.6. The van der Waals surface area contributed by atoms with E-state index >= 15 is 0 Å². The lowest BCUT2D eigenvalue weighted by Gasteiger charge is -2.19. The number of aliphatic imine (C=N–C) groups is 1. The van der Waals surface area contributed by atoms with Crippen LogP contribution in [0.1, 0.15) is 31.4 Å². The number of guanidine groups is 1. The Bertz CT molecular complexity index is 610. The molecule has 0 aromatic heterocycles. The molecular formula is C19H30F3IN4O. The van der Waals surface area contributed by atoms with Gasteiger partial charge in [-0.15, -0.1) is 24.0 Å². The molecule has 1 aliphatic heterocycles. The molecule has 9 heteroatoms. The number of nitrogens with one attached hydrogen (secondary N) is 2. The van der Waals surface area contributed by atoms with Crippen LogP contribution in [-0.4, -0.2) is 54.8 Å². The number of alkyl halides is 3. The molecule has 1 aliphatic rings. The van der Waals surface area contributed by atoms with E-state index in [-0.39, 0.29) is 42.5 Å². The fourth-order valence-electron chi connectivity index (χ4n) is 2.97. The maximum atomic E-state index is 12.6. The van der Waals surface area contributed by atoms with E-state index in [4.69, 9.17) is 5.11 Å². The van der Waals surface area contributed by atoms with Crippen molar-refractivity contribution in [2.75, 3.05) is 32.8 Å². The standard InChI is InChI=1S/C19H29F3N4O.HI/c1-3-23-18(24-10-14(2)13-27)25-17-8-9-26(12-17)11-15-4-6-16(7-5-15)19(20,21)22;/h4-7,14,17,27H,3,8-13H2,1-2H3,(H2,23,24,25);1H. The molecule has 0 aliphatic carbocycles. The van der Waals surface area contributed by atoms with Gasteiger partial charge in [-0.3, -0.25) is 9.89 Å². The zero-order valence-electron chi connectivity index (χ0n) is 16.3. The predicted octanol–water partition coefficient (Wildman–Crippen LogP) is 3.08. The van der Waals surface area contributed by atoms with E-state index in [2.05, 4.69) is 20.5 Å². The third-order valence-electron chi connectivity index (χ3n) is 4.52. The number of aliphatic hydroxyl groups is 1. The van der Waals surface area contributed by atoms with Crippen LogP contribution in [0.3, 0.4) is 0 Å². The van der Waals surface area contributed by atoms with Crippen LogP contribution < -0.4 is 10.6 Å². The molecule has 28 heavy (non-hydrogen) atoms. The molecule has 2 atom stereocenters. The zero-order valence-corrected chi connectivity index (χ0v) is 18.6. The Hall–Kier alpha value is -1.07. The number of hydrogen-bond donors (Lipinski definition) is 3. The molecule has 0 saturated carbocycles. The quantitative estimate of drug-likeness (QED) is 0.298. The normalized spacial score (nSPS) is 19.2. The fourth-order valence-corrected chi connectivity index (χ4v) is 2.97. The molecule has 0 amide bonds. The molecule has 1 fully saturated rings. The first kappa shape index (κ1) is 25.0. The number of benzene rings is 1. The van der Waals surface area contributed by atoms with Gasteiger partial charge in [-0.1, -0.05) is 19.1 Å². The van der Waals surface area contributed by atoms with Crippen LogP contribution >= 0.6 is 24.0 Å². The molecule has 0 bridgehead atoms. The van der Waals surface area contributed by atoms with Crippen molar-refractivity contribution in [3.05, 3.63) is 35.4 Å². The molecule has 1 heterocycles. The molecule has 2 rings (SSSR count). The van der Waals surface area contributed by atoms with Crippen LogP contribution in [0.15, 0.2) is 29.3 Å². The van der Waals surface area contributed by atoms with Gasteiger partial charge >= 0.3 is 6.18 Å². The van der Waals surface area contributed by atoms with E-state index in [1.807, 2.05) is 13.8 Å². The van der Waals surface area contributed by atoms with E-state index in [1.54, 1.807) is 12.1 Å². The van der Waals surface area contributed by atoms with Crippen molar-refractivity contribution >= 4 is 29.9 Å². The van der Waals surface area contributed by atoms with Crippen LogP contribution in [0, 0.1) is 5.92 Å². The lowest BCUT2D eigenvalue weighted by atomic mass is 10.1. The fraction of sp³-hybridized carbons (Fsp3) is 0.632. The van der Waals surface area contributed by atoms with Gasteiger partial charge in [0.2, 0.25) is 0 Å². The highest BCUT2D eigenvalue weighted by atomic mass is 127. The van der Waals surface area contributed by atoms with Gasteiger partial charge in [0.25, 0.3) is 0 Å². The molecule has 2 unspecified atom stereocenters. The predicted molar refractivity (Wildman–Crippen MR) is 116 cm³/mol. The number of nitrogens with zero attached hydrogens (tertiary/aromatic N) is 2. The Morgan fingerprint density at radius 3 is 2.57 bits per heavy atom. The Labute approximate surface area is 181 Å². The van der Waals surface area contributed by atoms with Crippen LogP contribution in [0.2, 0.25) is 0 Å². The minimum absolute atomic E-state index is 0. The first-order valence-electron chi connectivity index (χ1n) is 9.36. The average molecular weight is 514 g/mol. The van der Waals surface area contributed by atoms with Crippen molar-refractivity contribution in [1.82, 2.24) is 15.5 Å². The first-order valence-corrected chi connectivity index (χ1v) is 9.36. The summed E-state index contributed by atoms with van der Waals surface area (Å²) in [6.07, 6.45) is -3.35. The molecule has 3 N–H and O–H groups in total. The molecule has 1 saturated heterocycles. The van der Waals surface area contributed by atoms with Crippen molar-refractivity contribution in [2.24, 2.45) is 10.9 Å². The van der Waals surface area contributed by atoms with Crippen molar-refractivity contribution < 1.29 is 18.3 Å². The monoisotopic (exact) mass is 514 g/mol. The van der Waals surface area contributed by atoms with Crippen molar-refractivity contribution in [3.8, 4) is 0 Å². The third-order valence-corrected chi connectivity index (χ3v) is 4.52. The second-order valence-corrected chi connectivity index (χ2v) is 7.07. The number of rotatable bonds is 7. The van der Waals surface area contributed by atoms with Gasteiger partial charge < -0.3 is 15.7 Å². The van der Waals surface area contributed by atoms with E-state index in [1.165, 1.54) is 0 Å². The summed E-state index contributed by atoms with van der Waals surface area (Å²) in [7, 11) is 0. The van der Waals surface area contributed by atoms with Crippen LogP contribution in [0.4, 0.5) is 13.2 Å². The van der Waals surface area contributed by atoms with Gasteiger partial charge in [-0.2, -0.15) is 13.2 Å². The second-order valence-electron chi connectivity index (χ2n) is 7.07. The summed E-state index contributed by atoms with van der Waals surface area (Å²) >= 11 is 0. The molecule has 1 aromatic carbocycles.